The van der Waals surface area contributed by atoms with E-state index in [1.807, 2.05) is 0 Å². The van der Waals surface area contributed by atoms with E-state index in [1.54, 1.807) is 22.3 Å². The number of nitrogens with zero attached hydrogens (tertiary/aromatic N) is 1. The summed E-state index contributed by atoms with van der Waals surface area (Å²) in [4.78, 5) is 2.44. The van der Waals surface area contributed by atoms with Crippen LogP contribution in [0.5, 0.6) is 0 Å². The Bertz CT molecular complexity index is 2380. The maximum Gasteiger partial charge on any atom is 0.123 e. The highest BCUT2D eigenvalue weighted by atomic mass is 15.3. The molecule has 262 valence electrons. The van der Waals surface area contributed by atoms with Gasteiger partial charge >= 0.3 is 0 Å². The van der Waals surface area contributed by atoms with Gasteiger partial charge in [0, 0.05) is 29.9 Å². The molecule has 6 unspecified atom stereocenters. The molecule has 0 saturated heterocycles. The predicted octanol–water partition coefficient (Wildman–Crippen LogP) is 8.83. The molecule has 3 heterocycles. The molecule has 1 aromatic rings. The largest absolute Gasteiger partial charge is 0.383 e. The number of hydrogen-bond acceptors (Lipinski definition) is 3. The molecule has 3 nitrogen and oxygen atoms in total. The van der Waals surface area contributed by atoms with Crippen LogP contribution in [0.4, 0.5) is 0 Å². The fraction of sp³-hybridized carbons (Fsp3) is 0.280. The minimum absolute atomic E-state index is 0.187. The van der Waals surface area contributed by atoms with E-state index in [9.17, 15) is 0 Å². The maximum absolute atomic E-state index is 3.91. The lowest BCUT2D eigenvalue weighted by atomic mass is 9.69. The summed E-state index contributed by atoms with van der Waals surface area (Å²) in [7, 11) is 0. The summed E-state index contributed by atoms with van der Waals surface area (Å²) in [5.74, 6) is 1.52. The molecule has 0 bridgehead atoms. The van der Waals surface area contributed by atoms with Gasteiger partial charge in [-0.3, -0.25) is 0 Å². The Balaban J connectivity index is 1.01. The van der Waals surface area contributed by atoms with Crippen molar-refractivity contribution in [2.75, 3.05) is 0 Å². The molecular formula is C50H47N3. The molecule has 0 spiro atoms. The summed E-state index contributed by atoms with van der Waals surface area (Å²) < 4.78 is 0. The van der Waals surface area contributed by atoms with Crippen LogP contribution in [0.15, 0.2) is 190 Å². The molecule has 0 aromatic heterocycles. The first-order valence-electron chi connectivity index (χ1n) is 20.1. The van der Waals surface area contributed by atoms with Crippen molar-refractivity contribution in [1.29, 1.82) is 0 Å². The van der Waals surface area contributed by atoms with E-state index in [0.29, 0.717) is 29.7 Å². The molecule has 2 N–H and O–H groups in total. The fourth-order valence-electron chi connectivity index (χ4n) is 11.2. The summed E-state index contributed by atoms with van der Waals surface area (Å²) in [6, 6.07) is 9.70. The minimum Gasteiger partial charge on any atom is -0.383 e. The van der Waals surface area contributed by atoms with Gasteiger partial charge in [-0.15, -0.1) is 0 Å². The number of rotatable bonds is 5. The summed E-state index contributed by atoms with van der Waals surface area (Å²) in [6.07, 6.45) is 53.8. The van der Waals surface area contributed by atoms with E-state index in [1.165, 1.54) is 49.7 Å². The van der Waals surface area contributed by atoms with Crippen LogP contribution in [-0.2, 0) is 0 Å². The quantitative estimate of drug-likeness (QED) is 0.324. The molecule has 11 rings (SSSR count). The Hall–Kier alpha value is -5.28. The summed E-state index contributed by atoms with van der Waals surface area (Å²) in [6.45, 7) is 0. The van der Waals surface area contributed by atoms with Gasteiger partial charge in [-0.2, -0.15) is 0 Å². The maximum atomic E-state index is 3.91. The van der Waals surface area contributed by atoms with E-state index in [2.05, 4.69) is 155 Å². The van der Waals surface area contributed by atoms with Crippen LogP contribution >= 0.6 is 0 Å². The number of benzene rings is 1. The highest BCUT2D eigenvalue weighted by Gasteiger charge is 2.52. The van der Waals surface area contributed by atoms with Crippen LogP contribution in [-0.4, -0.2) is 17.1 Å². The van der Waals surface area contributed by atoms with E-state index in [0.717, 1.165) is 51.4 Å². The number of nitrogens with one attached hydrogen (secondary N) is 2. The van der Waals surface area contributed by atoms with E-state index < -0.39 is 0 Å². The van der Waals surface area contributed by atoms with Crippen molar-refractivity contribution >= 4 is 11.1 Å². The number of hydrogen-bond donors (Lipinski definition) is 2. The molecule has 53 heavy (non-hydrogen) atoms. The van der Waals surface area contributed by atoms with Crippen molar-refractivity contribution in [3.63, 3.8) is 0 Å². The van der Waals surface area contributed by atoms with Gasteiger partial charge in [-0.25, -0.2) is 0 Å². The van der Waals surface area contributed by atoms with Crippen molar-refractivity contribution < 1.29 is 0 Å². The summed E-state index contributed by atoms with van der Waals surface area (Å²) in [5, 5.41) is 10.5. The monoisotopic (exact) mass is 689 g/mol. The van der Waals surface area contributed by atoms with Crippen molar-refractivity contribution in [2.24, 2.45) is 23.7 Å². The van der Waals surface area contributed by atoms with Crippen molar-refractivity contribution in [3.05, 3.63) is 201 Å². The standard InChI is InChI=1S/C50H47N3/c1-3-14-33(15-4-1)44-38-18-7-8-19-39(38)45(34-16-5-2-6-17-34)48-41-29-28-36(37-20-13-21-40(46(37)41)47(44)48)32-24-26-35(27-25-32)49-50(42-22-9-11-30-51-42)53-31-12-10-23-43(53)52-49/h1-3,5,7-8,10-14,16,18-21,23-24,26,28-31,37,42-43,46-48,51-52H,4,6,9,15,17,22,25,27H2. The molecule has 1 fully saturated rings. The van der Waals surface area contributed by atoms with Crippen LogP contribution < -0.4 is 21.1 Å². The van der Waals surface area contributed by atoms with Crippen LogP contribution in [0.25, 0.3) is 11.1 Å². The Labute approximate surface area is 313 Å². The van der Waals surface area contributed by atoms with Gasteiger partial charge in [-0.05, 0) is 119 Å². The highest BCUT2D eigenvalue weighted by molar-refractivity contribution is 5.85. The van der Waals surface area contributed by atoms with Crippen molar-refractivity contribution in [2.45, 2.75) is 63.6 Å². The van der Waals surface area contributed by atoms with Crippen LogP contribution in [0.1, 0.15) is 51.4 Å². The molecule has 0 radical (unpaired) electrons. The van der Waals surface area contributed by atoms with Gasteiger partial charge in [0.2, 0.25) is 0 Å². The summed E-state index contributed by atoms with van der Waals surface area (Å²) >= 11 is 0. The zero-order valence-corrected chi connectivity index (χ0v) is 30.3. The lowest BCUT2D eigenvalue weighted by Gasteiger charge is -2.34. The average molecular weight is 690 g/mol. The lowest BCUT2D eigenvalue weighted by molar-refractivity contribution is 0.361. The lowest BCUT2D eigenvalue weighted by Crippen LogP contribution is -2.40. The molecule has 6 atom stereocenters. The van der Waals surface area contributed by atoms with E-state index >= 15 is 0 Å². The smallest absolute Gasteiger partial charge is 0.123 e. The van der Waals surface area contributed by atoms with Crippen LogP contribution in [0.3, 0.4) is 0 Å². The van der Waals surface area contributed by atoms with Gasteiger partial charge in [-0.1, -0.05) is 127 Å². The molecule has 0 amide bonds. The van der Waals surface area contributed by atoms with Gasteiger partial charge in [0.25, 0.3) is 0 Å². The first-order chi connectivity index (χ1) is 26.3. The summed E-state index contributed by atoms with van der Waals surface area (Å²) in [5.41, 5.74) is 16.7. The Morgan fingerprint density at radius 1 is 0.585 bits per heavy atom. The van der Waals surface area contributed by atoms with Crippen LogP contribution in [0.2, 0.25) is 0 Å². The number of fused-ring (bicyclic) bond motifs is 5. The minimum atomic E-state index is 0.187. The zero-order valence-electron chi connectivity index (χ0n) is 30.3. The molecule has 7 aliphatic carbocycles. The Morgan fingerprint density at radius 2 is 1.32 bits per heavy atom. The molecule has 3 aliphatic heterocycles. The van der Waals surface area contributed by atoms with Gasteiger partial charge in [0.05, 0.1) is 17.4 Å². The first kappa shape index (κ1) is 31.3. The van der Waals surface area contributed by atoms with E-state index in [4.69, 9.17) is 0 Å². The van der Waals surface area contributed by atoms with Gasteiger partial charge in [0.15, 0.2) is 0 Å². The zero-order chi connectivity index (χ0) is 34.9. The third-order valence-electron chi connectivity index (χ3n) is 13.4. The Morgan fingerprint density at radius 3 is 2.00 bits per heavy atom. The molecule has 10 aliphatic rings. The third-order valence-corrected chi connectivity index (χ3v) is 13.4. The predicted molar refractivity (Wildman–Crippen MR) is 218 cm³/mol. The molecule has 1 saturated carbocycles. The van der Waals surface area contributed by atoms with Crippen LogP contribution in [0, 0.1) is 23.7 Å². The normalized spacial score (nSPS) is 31.6. The first-order valence-corrected chi connectivity index (χ1v) is 20.1. The van der Waals surface area contributed by atoms with Gasteiger partial charge in [0.1, 0.15) is 6.17 Å². The van der Waals surface area contributed by atoms with E-state index in [-0.39, 0.29) is 6.17 Å². The molecule has 3 heteroatoms. The second-order valence-electron chi connectivity index (χ2n) is 16.1. The molecular weight excluding hydrogens is 643 g/mol. The Kier molecular flexibility index (Phi) is 7.49. The average Bonchev–Trinajstić information content (AvgIpc) is 3.78. The van der Waals surface area contributed by atoms with Crippen molar-refractivity contribution in [1.82, 2.24) is 15.5 Å². The second-order valence-corrected chi connectivity index (χ2v) is 16.1. The second kappa shape index (κ2) is 12.7. The SMILES string of the molecule is C1=CCCC(C2=c3ccccc3=C(C3=CC=CCC3)C3C4=CC=C(C5=CC=C(C6=C(C7CCC=CN7)N7C=CC=CC7N6)CC5)C5C=CC=C(C45)C23)=C1. The number of allylic oxidation sites excluding steroid dienone is 23. The molecule has 1 aromatic carbocycles. The van der Waals surface area contributed by atoms with Gasteiger partial charge < -0.3 is 15.5 Å². The fourth-order valence-corrected chi connectivity index (χ4v) is 11.2. The topological polar surface area (TPSA) is 27.3 Å². The van der Waals surface area contributed by atoms with Crippen molar-refractivity contribution in [3.8, 4) is 0 Å². The highest BCUT2D eigenvalue weighted by Crippen LogP contribution is 2.62. The third kappa shape index (κ3) is 4.93.